The van der Waals surface area contributed by atoms with Crippen LogP contribution in [-0.2, 0) is 0 Å². The monoisotopic (exact) mass is 482 g/mol. The van der Waals surface area contributed by atoms with Gasteiger partial charge in [0, 0.05) is 42.6 Å². The predicted octanol–water partition coefficient (Wildman–Crippen LogP) is 4.70. The second-order valence-electron chi connectivity index (χ2n) is 8.84. The number of aromatic carboxylic acids is 1. The van der Waals surface area contributed by atoms with Crippen LogP contribution in [0.5, 0.6) is 0 Å². The SMILES string of the molecule is Cc1[nH]c(C(=O)NC2[C@H]3CN(c4nc(C5CCCCC5)c(C(=O)O)s4)C[C@@H]23)c(Cl)c1Cl. The molecule has 3 heterocycles. The molecule has 10 heteroatoms. The number of aromatic amines is 1. The molecule has 31 heavy (non-hydrogen) atoms. The van der Waals surface area contributed by atoms with E-state index in [1.165, 1.54) is 17.8 Å². The van der Waals surface area contributed by atoms with E-state index in [1.807, 2.05) is 0 Å². The molecule has 166 valence electrons. The number of rotatable bonds is 5. The number of carbonyl (C=O) groups excluding carboxylic acids is 1. The van der Waals surface area contributed by atoms with E-state index in [1.54, 1.807) is 6.92 Å². The van der Waals surface area contributed by atoms with E-state index in [-0.39, 0.29) is 22.9 Å². The van der Waals surface area contributed by atoms with E-state index in [0.29, 0.717) is 33.1 Å². The summed E-state index contributed by atoms with van der Waals surface area (Å²) in [7, 11) is 0. The Balaban J connectivity index is 1.24. The summed E-state index contributed by atoms with van der Waals surface area (Å²) in [6.45, 7) is 3.31. The summed E-state index contributed by atoms with van der Waals surface area (Å²) in [5.41, 5.74) is 1.74. The van der Waals surface area contributed by atoms with Crippen molar-refractivity contribution in [1.82, 2.24) is 15.3 Å². The van der Waals surface area contributed by atoms with Gasteiger partial charge >= 0.3 is 5.97 Å². The summed E-state index contributed by atoms with van der Waals surface area (Å²) in [5.74, 6) is -0.187. The summed E-state index contributed by atoms with van der Waals surface area (Å²) in [5, 5.41) is 14.2. The number of piperidine rings is 1. The van der Waals surface area contributed by atoms with Gasteiger partial charge in [0.25, 0.3) is 5.91 Å². The molecule has 0 bridgehead atoms. The van der Waals surface area contributed by atoms with Crippen molar-refractivity contribution in [3.63, 3.8) is 0 Å². The molecule has 0 radical (unpaired) electrons. The van der Waals surface area contributed by atoms with Crippen LogP contribution in [0.3, 0.4) is 0 Å². The molecule has 1 saturated heterocycles. The van der Waals surface area contributed by atoms with E-state index in [2.05, 4.69) is 15.2 Å². The molecule has 3 N–H and O–H groups in total. The average Bonchev–Trinajstić information content (AvgIpc) is 3.16. The Morgan fingerprint density at radius 1 is 1.16 bits per heavy atom. The Hall–Kier alpha value is -1.77. The van der Waals surface area contributed by atoms with Gasteiger partial charge in [-0.3, -0.25) is 4.79 Å². The molecule has 0 spiro atoms. The molecule has 3 atom stereocenters. The van der Waals surface area contributed by atoms with Crippen LogP contribution in [0.1, 0.15) is 69.6 Å². The number of halogens is 2. The normalized spacial score (nSPS) is 25.5. The van der Waals surface area contributed by atoms with Gasteiger partial charge in [-0.25, -0.2) is 9.78 Å². The summed E-state index contributed by atoms with van der Waals surface area (Å²) < 4.78 is 0. The molecular formula is C21H24Cl2N4O3S. The smallest absolute Gasteiger partial charge is 0.347 e. The summed E-state index contributed by atoms with van der Waals surface area (Å²) in [6.07, 6.45) is 5.54. The third-order valence-electron chi connectivity index (χ3n) is 6.87. The number of carbonyl (C=O) groups is 2. The number of fused-ring (bicyclic) bond motifs is 1. The fourth-order valence-electron chi connectivity index (χ4n) is 5.11. The van der Waals surface area contributed by atoms with Gasteiger partial charge in [-0.1, -0.05) is 53.8 Å². The van der Waals surface area contributed by atoms with E-state index in [0.717, 1.165) is 49.6 Å². The Bertz CT molecular complexity index is 1030. The third kappa shape index (κ3) is 3.72. The topological polar surface area (TPSA) is 98.3 Å². The number of carboxylic acids is 1. The molecule has 3 fully saturated rings. The first-order valence-corrected chi connectivity index (χ1v) is 12.3. The molecule has 2 saturated carbocycles. The zero-order valence-corrected chi connectivity index (χ0v) is 19.4. The summed E-state index contributed by atoms with van der Waals surface area (Å²) in [4.78, 5) is 34.7. The van der Waals surface area contributed by atoms with E-state index < -0.39 is 5.97 Å². The molecule has 5 rings (SSSR count). The maximum Gasteiger partial charge on any atom is 0.347 e. The van der Waals surface area contributed by atoms with E-state index in [4.69, 9.17) is 28.2 Å². The number of amides is 1. The van der Waals surface area contributed by atoms with Gasteiger partial charge in [0.15, 0.2) is 5.13 Å². The Kier molecular flexibility index (Phi) is 5.43. The van der Waals surface area contributed by atoms with Crippen molar-refractivity contribution in [2.75, 3.05) is 18.0 Å². The van der Waals surface area contributed by atoms with E-state index in [9.17, 15) is 14.7 Å². The number of hydrogen-bond donors (Lipinski definition) is 3. The fraction of sp³-hybridized carbons (Fsp3) is 0.571. The molecule has 1 amide bonds. The van der Waals surface area contributed by atoms with Crippen LogP contribution in [0.25, 0.3) is 0 Å². The first-order chi connectivity index (χ1) is 14.8. The van der Waals surface area contributed by atoms with E-state index >= 15 is 0 Å². The minimum absolute atomic E-state index is 0.0962. The largest absolute Gasteiger partial charge is 0.477 e. The number of nitrogens with zero attached hydrogens (tertiary/aromatic N) is 2. The number of H-pyrrole nitrogens is 1. The molecule has 0 aromatic carbocycles. The number of anilines is 1. The number of aryl methyl sites for hydroxylation is 1. The van der Waals surface area contributed by atoms with Gasteiger partial charge in [-0.2, -0.15) is 0 Å². The minimum atomic E-state index is -0.879. The highest BCUT2D eigenvalue weighted by Gasteiger charge is 2.57. The van der Waals surface area contributed by atoms with Crippen molar-refractivity contribution in [2.45, 2.75) is 51.0 Å². The number of nitrogens with one attached hydrogen (secondary N) is 2. The van der Waals surface area contributed by atoms with Crippen molar-refractivity contribution in [3.05, 3.63) is 32.0 Å². The molecule has 1 aliphatic heterocycles. The van der Waals surface area contributed by atoms with Gasteiger partial charge in [0.1, 0.15) is 10.6 Å². The number of aromatic nitrogens is 2. The standard InChI is InChI=1S/C21H24Cl2N4O3S/c1-9-13(22)14(23)17(24-9)19(28)25-16-11-7-27(8-12(11)16)21-26-15(18(31-21)20(29)30)10-5-3-2-4-6-10/h10-12,16,24H,2-8H2,1H3,(H,25,28)(H,29,30)/t11-,12+,16?. The number of carboxylic acid groups (broad SMARTS) is 1. The third-order valence-corrected chi connectivity index (χ3v) is 8.94. The van der Waals surface area contributed by atoms with Crippen LogP contribution < -0.4 is 10.2 Å². The van der Waals surface area contributed by atoms with Crippen molar-refractivity contribution in [1.29, 1.82) is 0 Å². The summed E-state index contributed by atoms with van der Waals surface area (Å²) in [6, 6.07) is 0.0962. The lowest BCUT2D eigenvalue weighted by atomic mass is 9.86. The molecule has 2 aromatic rings. The van der Waals surface area contributed by atoms with Crippen molar-refractivity contribution < 1.29 is 14.7 Å². The van der Waals surface area contributed by atoms with Crippen molar-refractivity contribution >= 4 is 51.5 Å². The maximum atomic E-state index is 12.6. The lowest BCUT2D eigenvalue weighted by Gasteiger charge is -2.21. The average molecular weight is 483 g/mol. The van der Waals surface area contributed by atoms with Crippen LogP contribution >= 0.6 is 34.5 Å². The second kappa shape index (κ2) is 7.98. The first-order valence-electron chi connectivity index (χ1n) is 10.7. The van der Waals surface area contributed by atoms with Crippen molar-refractivity contribution in [3.8, 4) is 0 Å². The number of hydrogen-bond acceptors (Lipinski definition) is 5. The Labute approximate surface area is 194 Å². The highest BCUT2D eigenvalue weighted by Crippen LogP contribution is 2.48. The predicted molar refractivity (Wildman–Crippen MR) is 121 cm³/mol. The first kappa shape index (κ1) is 21.1. The Morgan fingerprint density at radius 2 is 1.84 bits per heavy atom. The minimum Gasteiger partial charge on any atom is -0.477 e. The summed E-state index contributed by atoms with van der Waals surface area (Å²) >= 11 is 13.5. The zero-order valence-electron chi connectivity index (χ0n) is 17.1. The van der Waals surface area contributed by atoms with Gasteiger partial charge in [0.2, 0.25) is 0 Å². The highest BCUT2D eigenvalue weighted by atomic mass is 35.5. The highest BCUT2D eigenvalue weighted by molar-refractivity contribution is 7.17. The molecule has 1 unspecified atom stereocenters. The molecule has 3 aliphatic rings. The maximum absolute atomic E-state index is 12.6. The molecular weight excluding hydrogens is 459 g/mol. The van der Waals surface area contributed by atoms with Crippen LogP contribution in [0, 0.1) is 18.8 Å². The van der Waals surface area contributed by atoms with Gasteiger partial charge < -0.3 is 20.3 Å². The van der Waals surface area contributed by atoms with Crippen LogP contribution in [0.15, 0.2) is 0 Å². The zero-order chi connectivity index (χ0) is 21.9. The number of thiazole rings is 1. The van der Waals surface area contributed by atoms with Crippen LogP contribution in [-0.4, -0.2) is 46.1 Å². The molecule has 2 aliphatic carbocycles. The Morgan fingerprint density at radius 3 is 2.42 bits per heavy atom. The van der Waals surface area contributed by atoms with Gasteiger partial charge in [0.05, 0.1) is 15.7 Å². The van der Waals surface area contributed by atoms with Crippen molar-refractivity contribution in [2.24, 2.45) is 11.8 Å². The van der Waals surface area contributed by atoms with Gasteiger partial charge in [-0.05, 0) is 19.8 Å². The molecule has 2 aromatic heterocycles. The fourth-order valence-corrected chi connectivity index (χ4v) is 6.54. The second-order valence-corrected chi connectivity index (χ2v) is 10.6. The quantitative estimate of drug-likeness (QED) is 0.573. The van der Waals surface area contributed by atoms with Crippen LogP contribution in [0.4, 0.5) is 5.13 Å². The lowest BCUT2D eigenvalue weighted by molar-refractivity contribution is 0.0699. The van der Waals surface area contributed by atoms with Crippen LogP contribution in [0.2, 0.25) is 10.0 Å². The van der Waals surface area contributed by atoms with Gasteiger partial charge in [-0.15, -0.1) is 0 Å². The lowest BCUT2D eigenvalue weighted by Crippen LogP contribution is -2.34. The molecule has 7 nitrogen and oxygen atoms in total.